The lowest BCUT2D eigenvalue weighted by Crippen LogP contribution is -2.30. The summed E-state index contributed by atoms with van der Waals surface area (Å²) in [7, 11) is 0. The number of fused-ring (bicyclic) bond motifs is 1. The minimum atomic E-state index is -2.67. The zero-order valence-electron chi connectivity index (χ0n) is 16.2. The summed E-state index contributed by atoms with van der Waals surface area (Å²) in [6.07, 6.45) is 2.41. The van der Waals surface area contributed by atoms with E-state index in [2.05, 4.69) is 22.2 Å². The van der Waals surface area contributed by atoms with Crippen LogP contribution in [0.1, 0.15) is 76.9 Å². The van der Waals surface area contributed by atoms with E-state index in [0.29, 0.717) is 17.8 Å². The van der Waals surface area contributed by atoms with Gasteiger partial charge in [0.2, 0.25) is 0 Å². The maximum absolute atomic E-state index is 13.6. The number of nitrogens with zero attached hydrogens (tertiary/aromatic N) is 4. The highest BCUT2D eigenvalue weighted by molar-refractivity contribution is 6.00. The van der Waals surface area contributed by atoms with Crippen LogP contribution in [0.25, 0.3) is 5.65 Å². The number of rotatable bonds is 4. The van der Waals surface area contributed by atoms with Crippen molar-refractivity contribution in [3.63, 3.8) is 0 Å². The molecular weight excluding hydrogens is 374 g/mol. The standard InChI is InChI=1S/C22H22F2N4O/c1-13-4-6-15(7-5-13)18-3-2-10-27(18)22(29)16-12-25-28-19(20(23)24)11-17(14-8-9-14)26-21(16)28/h4-7,11-12,14,18,20H,2-3,8-10H2,1H3/t18-/m1/s1. The maximum Gasteiger partial charge on any atom is 0.280 e. The van der Waals surface area contributed by atoms with E-state index in [1.54, 1.807) is 0 Å². The third kappa shape index (κ3) is 3.18. The number of alkyl halides is 2. The Morgan fingerprint density at radius 3 is 2.62 bits per heavy atom. The van der Waals surface area contributed by atoms with Crippen molar-refractivity contribution in [3.05, 3.63) is 64.6 Å². The fourth-order valence-corrected chi connectivity index (χ4v) is 4.20. The Balaban J connectivity index is 1.54. The van der Waals surface area contributed by atoms with Gasteiger partial charge in [-0.2, -0.15) is 5.10 Å². The van der Waals surface area contributed by atoms with Crippen LogP contribution < -0.4 is 0 Å². The monoisotopic (exact) mass is 396 g/mol. The van der Waals surface area contributed by atoms with Crippen molar-refractivity contribution in [2.45, 2.75) is 51.0 Å². The van der Waals surface area contributed by atoms with Crippen LogP contribution in [-0.4, -0.2) is 31.9 Å². The van der Waals surface area contributed by atoms with Crippen molar-refractivity contribution >= 4 is 11.6 Å². The Kier molecular flexibility index (Phi) is 4.33. The molecule has 1 saturated carbocycles. The average Bonchev–Trinajstić information content (AvgIpc) is 3.29. The highest BCUT2D eigenvalue weighted by atomic mass is 19.3. The quantitative estimate of drug-likeness (QED) is 0.635. The molecule has 5 rings (SSSR count). The molecule has 3 aromatic rings. The molecule has 29 heavy (non-hydrogen) atoms. The first-order valence-corrected chi connectivity index (χ1v) is 10.1. The van der Waals surface area contributed by atoms with Crippen molar-refractivity contribution in [2.75, 3.05) is 6.54 Å². The van der Waals surface area contributed by atoms with Gasteiger partial charge >= 0.3 is 0 Å². The second-order valence-electron chi connectivity index (χ2n) is 8.04. The summed E-state index contributed by atoms with van der Waals surface area (Å²) in [5.41, 5.74) is 3.24. The lowest BCUT2D eigenvalue weighted by Gasteiger charge is -2.25. The van der Waals surface area contributed by atoms with E-state index < -0.39 is 6.43 Å². The molecule has 1 aliphatic heterocycles. The number of aryl methyl sites for hydroxylation is 1. The number of benzene rings is 1. The molecule has 1 aliphatic carbocycles. The van der Waals surface area contributed by atoms with Gasteiger partial charge in [0.15, 0.2) is 5.65 Å². The molecule has 1 aromatic carbocycles. The number of amides is 1. The molecular formula is C22H22F2N4O. The number of carbonyl (C=O) groups excluding carboxylic acids is 1. The molecule has 1 saturated heterocycles. The van der Waals surface area contributed by atoms with Crippen LogP contribution in [-0.2, 0) is 0 Å². The van der Waals surface area contributed by atoms with Crippen molar-refractivity contribution in [1.82, 2.24) is 19.5 Å². The molecule has 0 N–H and O–H groups in total. The van der Waals surface area contributed by atoms with E-state index in [-0.39, 0.29) is 29.2 Å². The minimum Gasteiger partial charge on any atom is -0.331 e. The number of halogens is 2. The molecule has 0 unspecified atom stereocenters. The second-order valence-corrected chi connectivity index (χ2v) is 8.04. The first kappa shape index (κ1) is 18.2. The zero-order chi connectivity index (χ0) is 20.1. The summed E-state index contributed by atoms with van der Waals surface area (Å²) in [6, 6.07) is 9.62. The average molecular weight is 396 g/mol. The summed E-state index contributed by atoms with van der Waals surface area (Å²) in [5, 5.41) is 4.09. The van der Waals surface area contributed by atoms with Gasteiger partial charge in [-0.1, -0.05) is 29.8 Å². The Morgan fingerprint density at radius 2 is 1.93 bits per heavy atom. The van der Waals surface area contributed by atoms with Gasteiger partial charge in [-0.25, -0.2) is 18.3 Å². The highest BCUT2D eigenvalue weighted by Gasteiger charge is 2.34. The molecule has 0 spiro atoms. The van der Waals surface area contributed by atoms with Gasteiger partial charge in [0.25, 0.3) is 12.3 Å². The van der Waals surface area contributed by atoms with Gasteiger partial charge in [-0.05, 0) is 44.2 Å². The Morgan fingerprint density at radius 1 is 1.17 bits per heavy atom. The topological polar surface area (TPSA) is 50.5 Å². The summed E-state index contributed by atoms with van der Waals surface area (Å²) in [4.78, 5) is 19.8. The van der Waals surface area contributed by atoms with E-state index in [4.69, 9.17) is 0 Å². The van der Waals surface area contributed by atoms with Crippen LogP contribution in [0, 0.1) is 6.92 Å². The number of likely N-dealkylation sites (tertiary alicyclic amines) is 1. The van der Waals surface area contributed by atoms with Gasteiger partial charge in [-0.15, -0.1) is 0 Å². The number of carbonyl (C=O) groups is 1. The Hall–Kier alpha value is -2.83. The molecule has 3 heterocycles. The smallest absolute Gasteiger partial charge is 0.280 e. The van der Waals surface area contributed by atoms with E-state index >= 15 is 0 Å². The van der Waals surface area contributed by atoms with Crippen molar-refractivity contribution in [2.24, 2.45) is 0 Å². The Bertz CT molecular complexity index is 1070. The minimum absolute atomic E-state index is 0.0146. The van der Waals surface area contributed by atoms with E-state index in [1.807, 2.05) is 24.0 Å². The molecule has 2 aromatic heterocycles. The summed E-state index contributed by atoms with van der Waals surface area (Å²) in [6.45, 7) is 2.67. The molecule has 0 radical (unpaired) electrons. The normalized spacial score (nSPS) is 19.4. The second kappa shape index (κ2) is 6.90. The first-order chi connectivity index (χ1) is 14.0. The molecule has 150 valence electrons. The molecule has 2 aliphatic rings. The summed E-state index contributed by atoms with van der Waals surface area (Å²) < 4.78 is 28.3. The summed E-state index contributed by atoms with van der Waals surface area (Å²) >= 11 is 0. The predicted molar refractivity (Wildman–Crippen MR) is 104 cm³/mol. The Labute approximate surface area is 167 Å². The van der Waals surface area contributed by atoms with Crippen LogP contribution in [0.3, 0.4) is 0 Å². The predicted octanol–water partition coefficient (Wildman–Crippen LogP) is 4.83. The van der Waals surface area contributed by atoms with Crippen molar-refractivity contribution in [3.8, 4) is 0 Å². The van der Waals surface area contributed by atoms with Gasteiger partial charge < -0.3 is 4.90 Å². The molecule has 5 nitrogen and oxygen atoms in total. The largest absolute Gasteiger partial charge is 0.331 e. The SMILES string of the molecule is Cc1ccc([C@H]2CCCN2C(=O)c2cnn3c(C(F)F)cc(C4CC4)nc23)cc1. The van der Waals surface area contributed by atoms with Crippen LogP contribution in [0.4, 0.5) is 8.78 Å². The highest BCUT2D eigenvalue weighted by Crippen LogP contribution is 2.40. The molecule has 1 atom stereocenters. The number of aromatic nitrogens is 3. The van der Waals surface area contributed by atoms with Crippen LogP contribution in [0.15, 0.2) is 36.5 Å². The molecule has 1 amide bonds. The van der Waals surface area contributed by atoms with Gasteiger partial charge in [0.05, 0.1) is 12.2 Å². The van der Waals surface area contributed by atoms with E-state index in [9.17, 15) is 13.6 Å². The fraction of sp³-hybridized carbons (Fsp3) is 0.409. The van der Waals surface area contributed by atoms with Crippen LogP contribution in [0.5, 0.6) is 0 Å². The number of hydrogen-bond acceptors (Lipinski definition) is 3. The molecule has 0 bridgehead atoms. The van der Waals surface area contributed by atoms with Crippen molar-refractivity contribution < 1.29 is 13.6 Å². The van der Waals surface area contributed by atoms with E-state index in [1.165, 1.54) is 17.8 Å². The van der Waals surface area contributed by atoms with Gasteiger partial charge in [-0.3, -0.25) is 4.79 Å². The zero-order valence-corrected chi connectivity index (χ0v) is 16.2. The molecule has 2 fully saturated rings. The van der Waals surface area contributed by atoms with Crippen molar-refractivity contribution in [1.29, 1.82) is 0 Å². The fourth-order valence-electron chi connectivity index (χ4n) is 4.20. The third-order valence-electron chi connectivity index (χ3n) is 5.94. The first-order valence-electron chi connectivity index (χ1n) is 10.1. The van der Waals surface area contributed by atoms with Crippen LogP contribution >= 0.6 is 0 Å². The van der Waals surface area contributed by atoms with Gasteiger partial charge in [0.1, 0.15) is 11.3 Å². The summed E-state index contributed by atoms with van der Waals surface area (Å²) in [5.74, 6) is 0.0196. The molecule has 7 heteroatoms. The van der Waals surface area contributed by atoms with Gasteiger partial charge in [0, 0.05) is 18.2 Å². The van der Waals surface area contributed by atoms with Crippen LogP contribution in [0.2, 0.25) is 0 Å². The maximum atomic E-state index is 13.6. The lowest BCUT2D eigenvalue weighted by atomic mass is 10.0. The lowest BCUT2D eigenvalue weighted by molar-refractivity contribution is 0.0737. The van der Waals surface area contributed by atoms with E-state index in [0.717, 1.165) is 35.8 Å². The third-order valence-corrected chi connectivity index (χ3v) is 5.94. The number of hydrogen-bond donors (Lipinski definition) is 0.